The van der Waals surface area contributed by atoms with Crippen LogP contribution in [0, 0.1) is 13.8 Å². The molecule has 6 heteroatoms. The van der Waals surface area contributed by atoms with Gasteiger partial charge in [0, 0.05) is 44.2 Å². The van der Waals surface area contributed by atoms with Gasteiger partial charge in [0.05, 0.1) is 5.75 Å². The molecule has 0 saturated carbocycles. The van der Waals surface area contributed by atoms with E-state index < -0.39 is 0 Å². The molecule has 4 nitrogen and oxygen atoms in total. The lowest BCUT2D eigenvalue weighted by Gasteiger charge is -2.27. The van der Waals surface area contributed by atoms with Crippen molar-refractivity contribution in [2.45, 2.75) is 18.7 Å². The zero-order valence-electron chi connectivity index (χ0n) is 13.4. The monoisotopic (exact) mass is 343 g/mol. The highest BCUT2D eigenvalue weighted by atomic mass is 35.5. The van der Waals surface area contributed by atoms with Gasteiger partial charge in [-0.2, -0.15) is 0 Å². The van der Waals surface area contributed by atoms with Crippen LogP contribution in [0.2, 0.25) is 0 Å². The lowest BCUT2D eigenvalue weighted by Crippen LogP contribution is -2.46. The van der Waals surface area contributed by atoms with Crippen LogP contribution in [0.25, 0.3) is 0 Å². The fourth-order valence-corrected chi connectivity index (χ4v) is 3.30. The number of carbonyl (C=O) groups is 1. The summed E-state index contributed by atoms with van der Waals surface area (Å²) in [5, 5.41) is 6.34. The molecule has 1 fully saturated rings. The summed E-state index contributed by atoms with van der Waals surface area (Å²) in [6.45, 7) is 10.1. The Morgan fingerprint density at radius 3 is 2.77 bits per heavy atom. The summed E-state index contributed by atoms with van der Waals surface area (Å²) in [7, 11) is 0. The van der Waals surface area contributed by atoms with Gasteiger partial charge in [0.25, 0.3) is 0 Å². The van der Waals surface area contributed by atoms with Crippen molar-refractivity contribution in [3.05, 3.63) is 29.3 Å². The van der Waals surface area contributed by atoms with Gasteiger partial charge in [-0.05, 0) is 25.5 Å². The molecule has 1 heterocycles. The largest absolute Gasteiger partial charge is 0.354 e. The molecule has 1 aromatic rings. The van der Waals surface area contributed by atoms with Gasteiger partial charge >= 0.3 is 0 Å². The number of aryl methyl sites for hydroxylation is 2. The molecule has 1 aliphatic rings. The Balaban J connectivity index is 0.00000242. The van der Waals surface area contributed by atoms with Crippen molar-refractivity contribution >= 4 is 30.1 Å². The minimum absolute atomic E-state index is 0. The van der Waals surface area contributed by atoms with E-state index in [1.165, 1.54) is 16.0 Å². The zero-order chi connectivity index (χ0) is 15.1. The first-order chi connectivity index (χ1) is 10.1. The van der Waals surface area contributed by atoms with E-state index in [9.17, 15) is 4.79 Å². The van der Waals surface area contributed by atoms with Gasteiger partial charge in [0.1, 0.15) is 0 Å². The van der Waals surface area contributed by atoms with Crippen LogP contribution in [-0.2, 0) is 4.79 Å². The summed E-state index contributed by atoms with van der Waals surface area (Å²) >= 11 is 1.62. The lowest BCUT2D eigenvalue weighted by atomic mass is 10.2. The first-order valence-corrected chi connectivity index (χ1v) is 8.53. The Kier molecular flexibility index (Phi) is 8.86. The summed E-state index contributed by atoms with van der Waals surface area (Å²) in [5.41, 5.74) is 2.47. The Labute approximate surface area is 143 Å². The minimum Gasteiger partial charge on any atom is -0.354 e. The molecule has 1 saturated heterocycles. The molecule has 124 valence electrons. The maximum absolute atomic E-state index is 11.9. The Hall–Kier alpha value is -0.750. The molecule has 1 aliphatic heterocycles. The number of thioether (sulfide) groups is 1. The maximum atomic E-state index is 11.9. The van der Waals surface area contributed by atoms with E-state index in [2.05, 4.69) is 47.6 Å². The van der Waals surface area contributed by atoms with Gasteiger partial charge in [-0.15, -0.1) is 24.2 Å². The first kappa shape index (κ1) is 19.3. The molecule has 0 atom stereocenters. The first-order valence-electron chi connectivity index (χ1n) is 7.55. The second-order valence-electron chi connectivity index (χ2n) is 5.50. The van der Waals surface area contributed by atoms with Gasteiger partial charge in [-0.1, -0.05) is 17.7 Å². The number of benzene rings is 1. The molecular weight excluding hydrogens is 318 g/mol. The lowest BCUT2D eigenvalue weighted by molar-refractivity contribution is -0.118. The number of carbonyl (C=O) groups excluding carboxylic acids is 1. The molecule has 2 rings (SSSR count). The smallest absolute Gasteiger partial charge is 0.230 e. The topological polar surface area (TPSA) is 44.4 Å². The second-order valence-corrected chi connectivity index (χ2v) is 6.52. The van der Waals surface area contributed by atoms with Crippen molar-refractivity contribution < 1.29 is 4.79 Å². The summed E-state index contributed by atoms with van der Waals surface area (Å²) in [6, 6.07) is 6.36. The summed E-state index contributed by atoms with van der Waals surface area (Å²) in [6.07, 6.45) is 0. The normalized spacial score (nSPS) is 15.2. The fourth-order valence-electron chi connectivity index (χ4n) is 2.35. The SMILES string of the molecule is Cc1ccc(C)c(SCC(=O)NCCN2CCNCC2)c1.Cl. The predicted octanol–water partition coefficient (Wildman–Crippen LogP) is 1.84. The molecule has 0 unspecified atom stereocenters. The van der Waals surface area contributed by atoms with Crippen molar-refractivity contribution in [1.29, 1.82) is 0 Å². The molecule has 0 spiro atoms. The summed E-state index contributed by atoms with van der Waals surface area (Å²) in [5.74, 6) is 0.613. The Morgan fingerprint density at radius 1 is 1.32 bits per heavy atom. The molecule has 0 aliphatic carbocycles. The number of amides is 1. The van der Waals surface area contributed by atoms with E-state index in [0.29, 0.717) is 5.75 Å². The van der Waals surface area contributed by atoms with Gasteiger partial charge in [0.15, 0.2) is 0 Å². The molecule has 2 N–H and O–H groups in total. The van der Waals surface area contributed by atoms with E-state index in [4.69, 9.17) is 0 Å². The van der Waals surface area contributed by atoms with Crippen LogP contribution in [0.4, 0.5) is 0 Å². The molecule has 0 bridgehead atoms. The zero-order valence-corrected chi connectivity index (χ0v) is 15.0. The molecule has 0 radical (unpaired) electrons. The van der Waals surface area contributed by atoms with Crippen LogP contribution in [0.15, 0.2) is 23.1 Å². The van der Waals surface area contributed by atoms with Gasteiger partial charge in [-0.3, -0.25) is 9.69 Å². The van der Waals surface area contributed by atoms with Crippen molar-refractivity contribution in [3.63, 3.8) is 0 Å². The average Bonchev–Trinajstić information content (AvgIpc) is 2.49. The van der Waals surface area contributed by atoms with Crippen LogP contribution < -0.4 is 10.6 Å². The highest BCUT2D eigenvalue weighted by Gasteiger charge is 2.10. The quantitative estimate of drug-likeness (QED) is 0.774. The molecular formula is C16H26ClN3OS. The average molecular weight is 344 g/mol. The molecule has 1 aromatic carbocycles. The minimum atomic E-state index is 0. The van der Waals surface area contributed by atoms with E-state index >= 15 is 0 Å². The molecule has 22 heavy (non-hydrogen) atoms. The Bertz CT molecular complexity index is 478. The van der Waals surface area contributed by atoms with Crippen LogP contribution in [0.3, 0.4) is 0 Å². The van der Waals surface area contributed by atoms with Gasteiger partial charge < -0.3 is 10.6 Å². The van der Waals surface area contributed by atoms with Crippen LogP contribution >= 0.6 is 24.2 Å². The predicted molar refractivity (Wildman–Crippen MR) is 96.2 cm³/mol. The third kappa shape index (κ3) is 6.57. The number of halogens is 1. The number of piperazine rings is 1. The Morgan fingerprint density at radius 2 is 2.05 bits per heavy atom. The fraction of sp³-hybridized carbons (Fsp3) is 0.562. The number of hydrogen-bond donors (Lipinski definition) is 2. The summed E-state index contributed by atoms with van der Waals surface area (Å²) in [4.78, 5) is 15.5. The van der Waals surface area contributed by atoms with Crippen LogP contribution in [-0.4, -0.2) is 55.8 Å². The highest BCUT2D eigenvalue weighted by molar-refractivity contribution is 8.00. The van der Waals surface area contributed by atoms with Gasteiger partial charge in [-0.25, -0.2) is 0 Å². The number of hydrogen-bond acceptors (Lipinski definition) is 4. The third-order valence-corrected chi connectivity index (χ3v) is 4.82. The summed E-state index contributed by atoms with van der Waals surface area (Å²) < 4.78 is 0. The molecule has 1 amide bonds. The standard InChI is InChI=1S/C16H25N3OS.ClH/c1-13-3-4-14(2)15(11-13)21-12-16(20)18-7-10-19-8-5-17-6-9-19;/h3-4,11,17H,5-10,12H2,1-2H3,(H,18,20);1H. The number of nitrogens with one attached hydrogen (secondary N) is 2. The molecule has 0 aromatic heterocycles. The highest BCUT2D eigenvalue weighted by Crippen LogP contribution is 2.23. The van der Waals surface area contributed by atoms with Crippen LogP contribution in [0.5, 0.6) is 0 Å². The number of rotatable bonds is 6. The van der Waals surface area contributed by atoms with Crippen molar-refractivity contribution in [1.82, 2.24) is 15.5 Å². The van der Waals surface area contributed by atoms with E-state index in [1.54, 1.807) is 11.8 Å². The number of nitrogens with zero attached hydrogens (tertiary/aromatic N) is 1. The maximum Gasteiger partial charge on any atom is 0.230 e. The van der Waals surface area contributed by atoms with Crippen molar-refractivity contribution in [2.75, 3.05) is 45.0 Å². The van der Waals surface area contributed by atoms with Crippen molar-refractivity contribution in [3.8, 4) is 0 Å². The van der Waals surface area contributed by atoms with E-state index in [0.717, 1.165) is 39.3 Å². The van der Waals surface area contributed by atoms with Crippen LogP contribution in [0.1, 0.15) is 11.1 Å². The van der Waals surface area contributed by atoms with E-state index in [1.807, 2.05) is 0 Å². The van der Waals surface area contributed by atoms with E-state index in [-0.39, 0.29) is 18.3 Å². The van der Waals surface area contributed by atoms with Crippen molar-refractivity contribution in [2.24, 2.45) is 0 Å². The van der Waals surface area contributed by atoms with Gasteiger partial charge in [0.2, 0.25) is 5.91 Å². The second kappa shape index (κ2) is 10.1. The third-order valence-electron chi connectivity index (χ3n) is 3.66.